The molecule has 0 rings (SSSR count). The van der Waals surface area contributed by atoms with Gasteiger partial charge in [0, 0.05) is 13.1 Å². The van der Waals surface area contributed by atoms with Crippen molar-refractivity contribution in [2.75, 3.05) is 19.6 Å². The van der Waals surface area contributed by atoms with Gasteiger partial charge in [0.2, 0.25) is 0 Å². The zero-order chi connectivity index (χ0) is 7.82. The first-order valence-corrected chi connectivity index (χ1v) is 6.28. The van der Waals surface area contributed by atoms with E-state index in [2.05, 4.69) is 5.32 Å². The van der Waals surface area contributed by atoms with Crippen molar-refractivity contribution in [3.8, 4) is 0 Å². The van der Waals surface area contributed by atoms with Gasteiger partial charge < -0.3 is 15.8 Å². The van der Waals surface area contributed by atoms with Gasteiger partial charge in [0.25, 0.3) is 0 Å². The third-order valence-electron chi connectivity index (χ3n) is 1.29. The van der Waals surface area contributed by atoms with Crippen LogP contribution in [0.3, 0.4) is 0 Å². The van der Waals surface area contributed by atoms with Crippen LogP contribution in [0.1, 0.15) is 6.42 Å². The summed E-state index contributed by atoms with van der Waals surface area (Å²) >= 11 is 0. The molecule has 0 aliphatic carbocycles. The van der Waals surface area contributed by atoms with Crippen LogP contribution in [0.5, 0.6) is 0 Å². The van der Waals surface area contributed by atoms with Crippen molar-refractivity contribution in [1.82, 2.24) is 5.32 Å². The molecule has 0 aromatic carbocycles. The molecule has 0 saturated heterocycles. The van der Waals surface area contributed by atoms with Crippen molar-refractivity contribution in [3.05, 3.63) is 0 Å². The predicted octanol–water partition coefficient (Wildman–Crippen LogP) is -4.36. The Balaban J connectivity index is 0. The normalized spacial score (nSPS) is 12.3. The minimum Gasteiger partial charge on any atom is -0.861 e. The molecule has 0 aliphatic rings. The van der Waals surface area contributed by atoms with E-state index in [0.29, 0.717) is 6.54 Å². The van der Waals surface area contributed by atoms with E-state index in [9.17, 15) is 4.80 Å². The summed E-state index contributed by atoms with van der Waals surface area (Å²) in [5, 5.41) is 3.15. The Morgan fingerprint density at radius 2 is 2.09 bits per heavy atom. The largest absolute Gasteiger partial charge is 1.00 e. The fourth-order valence-electron chi connectivity index (χ4n) is 0.742. The summed E-state index contributed by atoms with van der Waals surface area (Å²) < 4.78 is 0. The van der Waals surface area contributed by atoms with E-state index >= 15 is 0 Å². The monoisotopic (exact) mass is 184 g/mol. The molecule has 3 N–H and O–H groups in total. The first-order valence-electron chi connectivity index (χ1n) is 3.84. The van der Waals surface area contributed by atoms with Crippen LogP contribution in [0.2, 0.25) is 12.6 Å². The Kier molecular flexibility index (Phi) is 14.7. The Bertz CT molecular complexity index is 75.6. The third kappa shape index (κ3) is 14.0. The van der Waals surface area contributed by atoms with Crippen LogP contribution in [0.25, 0.3) is 0 Å². The van der Waals surface area contributed by atoms with Crippen molar-refractivity contribution in [2.45, 2.75) is 19.0 Å². The minimum absolute atomic E-state index is 0. The van der Waals surface area contributed by atoms with Crippen LogP contribution in [0.4, 0.5) is 0 Å². The number of rotatable bonds is 6. The molecule has 0 saturated carbocycles. The summed E-state index contributed by atoms with van der Waals surface area (Å²) in [5.41, 5.74) is 5.25. The molecule has 0 aliphatic heterocycles. The SMILES string of the molecule is C[SiH]([O-])CCCNCCN.[Na+]. The summed E-state index contributed by atoms with van der Waals surface area (Å²) in [5.74, 6) is 0. The van der Waals surface area contributed by atoms with Crippen molar-refractivity contribution in [1.29, 1.82) is 0 Å². The Hall–Kier alpha value is 1.10. The molecule has 0 spiro atoms. The summed E-state index contributed by atoms with van der Waals surface area (Å²) in [6.45, 7) is 4.35. The van der Waals surface area contributed by atoms with Crippen LogP contribution in [0, 0.1) is 0 Å². The van der Waals surface area contributed by atoms with Gasteiger partial charge in [-0.2, -0.15) is 0 Å². The second-order valence-electron chi connectivity index (χ2n) is 2.49. The first-order chi connectivity index (χ1) is 4.77. The molecule has 0 heterocycles. The summed E-state index contributed by atoms with van der Waals surface area (Å²) in [6.07, 6.45) is 1.02. The molecule has 0 aromatic heterocycles. The second kappa shape index (κ2) is 11.1. The van der Waals surface area contributed by atoms with Gasteiger partial charge in [0.1, 0.15) is 0 Å². The smallest absolute Gasteiger partial charge is 0.861 e. The molecule has 62 valence electrons. The summed E-state index contributed by atoms with van der Waals surface area (Å²) in [4.78, 5) is 10.6. The third-order valence-corrected chi connectivity index (χ3v) is 2.51. The van der Waals surface area contributed by atoms with Gasteiger partial charge in [-0.25, -0.2) is 0 Å². The number of hydrogen-bond acceptors (Lipinski definition) is 3. The Morgan fingerprint density at radius 3 is 2.55 bits per heavy atom. The van der Waals surface area contributed by atoms with Crippen LogP contribution in [0.15, 0.2) is 0 Å². The summed E-state index contributed by atoms with van der Waals surface area (Å²) in [6, 6.07) is 0.900. The Morgan fingerprint density at radius 1 is 1.45 bits per heavy atom. The molecule has 1 unspecified atom stereocenters. The van der Waals surface area contributed by atoms with Gasteiger partial charge >= 0.3 is 29.6 Å². The molecule has 3 nitrogen and oxygen atoms in total. The quantitative estimate of drug-likeness (QED) is 0.324. The average molecular weight is 184 g/mol. The van der Waals surface area contributed by atoms with Crippen molar-refractivity contribution in [2.24, 2.45) is 5.73 Å². The number of nitrogens with one attached hydrogen (secondary N) is 1. The Labute approximate surface area is 92.8 Å². The van der Waals surface area contributed by atoms with Crippen LogP contribution < -0.4 is 45.4 Å². The molecule has 0 fully saturated rings. The minimum atomic E-state index is -1.54. The van der Waals surface area contributed by atoms with E-state index in [1.54, 1.807) is 0 Å². The molecular weight excluding hydrogens is 167 g/mol. The molecular formula is C6H17N2NaOSi. The van der Waals surface area contributed by atoms with E-state index in [0.717, 1.165) is 25.6 Å². The van der Waals surface area contributed by atoms with E-state index in [4.69, 9.17) is 5.73 Å². The maximum atomic E-state index is 10.6. The van der Waals surface area contributed by atoms with E-state index in [-0.39, 0.29) is 29.6 Å². The fraction of sp³-hybridized carbons (Fsp3) is 1.00. The van der Waals surface area contributed by atoms with Crippen LogP contribution in [-0.2, 0) is 0 Å². The molecule has 1 atom stereocenters. The van der Waals surface area contributed by atoms with Crippen molar-refractivity contribution < 1.29 is 34.4 Å². The van der Waals surface area contributed by atoms with Crippen LogP contribution >= 0.6 is 0 Å². The summed E-state index contributed by atoms with van der Waals surface area (Å²) in [7, 11) is -1.54. The maximum absolute atomic E-state index is 10.6. The molecule has 0 radical (unpaired) electrons. The van der Waals surface area contributed by atoms with Gasteiger partial charge in [-0.3, -0.25) is 0 Å². The average Bonchev–Trinajstić information content (AvgIpc) is 1.87. The molecule has 0 bridgehead atoms. The molecule has 11 heavy (non-hydrogen) atoms. The van der Waals surface area contributed by atoms with Crippen molar-refractivity contribution >= 4 is 9.04 Å². The number of nitrogens with two attached hydrogens (primary N) is 1. The van der Waals surface area contributed by atoms with Gasteiger partial charge in [-0.1, -0.05) is 21.6 Å². The zero-order valence-electron chi connectivity index (χ0n) is 7.60. The van der Waals surface area contributed by atoms with Crippen molar-refractivity contribution in [3.63, 3.8) is 0 Å². The van der Waals surface area contributed by atoms with E-state index in [1.807, 2.05) is 6.55 Å². The van der Waals surface area contributed by atoms with Crippen LogP contribution in [-0.4, -0.2) is 28.7 Å². The van der Waals surface area contributed by atoms with Gasteiger partial charge in [0.15, 0.2) is 0 Å². The van der Waals surface area contributed by atoms with E-state index < -0.39 is 9.04 Å². The van der Waals surface area contributed by atoms with Gasteiger partial charge in [-0.15, -0.1) is 0 Å². The number of hydrogen-bond donors (Lipinski definition) is 2. The molecule has 0 amide bonds. The van der Waals surface area contributed by atoms with Gasteiger partial charge in [0.05, 0.1) is 0 Å². The molecule has 0 aromatic rings. The fourth-order valence-corrected chi connectivity index (χ4v) is 1.52. The molecule has 5 heteroatoms. The predicted molar refractivity (Wildman–Crippen MR) is 44.4 cm³/mol. The van der Waals surface area contributed by atoms with E-state index in [1.165, 1.54) is 0 Å². The van der Waals surface area contributed by atoms with Gasteiger partial charge in [-0.05, 0) is 13.0 Å². The topological polar surface area (TPSA) is 61.1 Å². The zero-order valence-corrected chi connectivity index (χ0v) is 10.8. The second-order valence-corrected chi connectivity index (χ2v) is 4.69. The first kappa shape index (κ1) is 14.6. The maximum Gasteiger partial charge on any atom is 1.00 e. The standard InChI is InChI=1S/C6H17N2OSi.Na/c1-10(9)6-2-4-8-5-3-7;/h8,10H,2-7H2,1H3;/q-1;+1.